The van der Waals surface area contributed by atoms with Crippen molar-refractivity contribution < 1.29 is 77.7 Å². The van der Waals surface area contributed by atoms with Gasteiger partial charge in [-0.05, 0) is 213 Å². The van der Waals surface area contributed by atoms with Crippen LogP contribution in [0.2, 0.25) is 0 Å². The van der Waals surface area contributed by atoms with Crippen molar-refractivity contribution in [2.45, 2.75) is 165 Å². The number of benzene rings is 2. The number of aromatic carboxylic acids is 1. The van der Waals surface area contributed by atoms with Gasteiger partial charge in [0.25, 0.3) is 29.9 Å². The number of carbonyl (C=O) groups excluding carboxylic acids is 3. The fourth-order valence-electron chi connectivity index (χ4n) is 13.7. The minimum atomic E-state index is -3.61. The Morgan fingerprint density at radius 1 is 0.582 bits per heavy atom. The first kappa shape index (κ1) is 71.3. The van der Waals surface area contributed by atoms with Crippen molar-refractivity contribution >= 4 is 55.4 Å². The standard InChI is InChI=1S/C32H43F3N4O5S.C26H33F2N3O5S.C6H12FNO/c1-22-20-26(29(41)38-15-11-31(35,21-40)12-16-38)8-7-24(22)10-19-45(43,44)39-17-13-32(14-18-39)30(42)36-28(37-32)25-5-2-23(3-6-25)4-9-27(33)34;1-17-16-21(24(32)33)8-7-19(17)10-15-37(35,36)31-13-11-26(12-14-31)25(34)29-23(30-26)20-5-2-18(3-6-20)4-9-22(27)28;7-6(5-9)1-3-8-4-2-6/h7-9,20,23,25,40H,2-6,10-19,21H2,1H3,(H,36,37,42);7-9,16,18,20H,2-6,10-15H2,1H3,(H,32,33)(H,29,30,34);8-9H,1-5H2. The number of aliphatic hydroxyl groups is 2. The molecule has 10 rings (SSSR count). The molecule has 2 aliphatic carbocycles. The minimum absolute atomic E-state index is 0.0798. The van der Waals surface area contributed by atoms with Crippen molar-refractivity contribution in [3.05, 3.63) is 94.1 Å². The molecule has 2 aromatic carbocycles. The molecule has 0 unspecified atom stereocenters. The number of halogens is 6. The topological polar surface area (TPSA) is 268 Å². The van der Waals surface area contributed by atoms with Crippen molar-refractivity contribution in [2.24, 2.45) is 33.7 Å². The van der Waals surface area contributed by atoms with Gasteiger partial charge in [0, 0.05) is 69.5 Å². The number of piperidine rings is 4. The number of hydrogen-bond donors (Lipinski definition) is 6. The van der Waals surface area contributed by atoms with Crippen molar-refractivity contribution in [3.63, 3.8) is 0 Å². The number of aliphatic imine (C=N–C) groups is 2. The average molecular weight is 1320 g/mol. The second kappa shape index (κ2) is 30.7. The number of carboxylic acid groups (broad SMARTS) is 1. The van der Waals surface area contributed by atoms with E-state index in [2.05, 4.69) is 16.0 Å². The Hall–Kier alpha value is -5.58. The van der Waals surface area contributed by atoms with E-state index in [-0.39, 0.29) is 130 Å². The average Bonchev–Trinajstić information content (AvgIpc) is 1.71. The van der Waals surface area contributed by atoms with Crippen LogP contribution in [0.25, 0.3) is 0 Å². The highest BCUT2D eigenvalue weighted by Gasteiger charge is 2.50. The molecule has 19 nitrogen and oxygen atoms in total. The van der Waals surface area contributed by atoms with E-state index >= 15 is 0 Å². The Morgan fingerprint density at radius 3 is 1.33 bits per heavy atom. The van der Waals surface area contributed by atoms with E-state index in [0.717, 1.165) is 85.8 Å². The fraction of sp³-hybridized carbons (Fsp3) is 0.656. The van der Waals surface area contributed by atoms with Gasteiger partial charge in [0.05, 0.1) is 30.3 Å². The van der Waals surface area contributed by atoms with Crippen LogP contribution < -0.4 is 16.0 Å². The first-order chi connectivity index (χ1) is 43.1. The summed E-state index contributed by atoms with van der Waals surface area (Å²) in [5.74, 6) is 0.101. The summed E-state index contributed by atoms with van der Waals surface area (Å²) in [5.41, 5.74) is -1.08. The molecule has 2 spiro atoms. The Balaban J connectivity index is 0.000000209. The maximum atomic E-state index is 14.3. The third-order valence-electron chi connectivity index (χ3n) is 20.0. The van der Waals surface area contributed by atoms with Gasteiger partial charge in [-0.15, -0.1) is 0 Å². The lowest BCUT2D eigenvalue weighted by Crippen LogP contribution is -2.51. The number of carboxylic acids is 1. The summed E-state index contributed by atoms with van der Waals surface area (Å²) in [5, 5.41) is 35.8. The molecular weight excluding hydrogens is 1230 g/mol. The minimum Gasteiger partial charge on any atom is -0.478 e. The predicted octanol–water partition coefficient (Wildman–Crippen LogP) is 8.12. The van der Waals surface area contributed by atoms with Crippen LogP contribution in [0.4, 0.5) is 26.3 Å². The van der Waals surface area contributed by atoms with Gasteiger partial charge in [0.15, 0.2) is 0 Å². The number of hydrogen-bond acceptors (Lipinski definition) is 13. The number of likely N-dealkylation sites (tertiary alicyclic amines) is 1. The predicted molar refractivity (Wildman–Crippen MR) is 332 cm³/mol. The lowest BCUT2D eigenvalue weighted by molar-refractivity contribution is -0.125. The van der Waals surface area contributed by atoms with E-state index in [4.69, 9.17) is 20.2 Å². The Morgan fingerprint density at radius 2 is 0.967 bits per heavy atom. The van der Waals surface area contributed by atoms with Crippen LogP contribution in [0, 0.1) is 37.5 Å². The summed E-state index contributed by atoms with van der Waals surface area (Å²) in [6.07, 6.45) is 8.57. The number of allylic oxidation sites excluding steroid dienone is 2. The fourth-order valence-corrected chi connectivity index (χ4v) is 16.7. The summed E-state index contributed by atoms with van der Waals surface area (Å²) >= 11 is 0. The Labute approximate surface area is 529 Å². The first-order valence-corrected chi connectivity index (χ1v) is 35.1. The largest absolute Gasteiger partial charge is 0.478 e. The van der Waals surface area contributed by atoms with E-state index in [1.807, 2.05) is 6.92 Å². The number of carbonyl (C=O) groups is 4. The maximum Gasteiger partial charge on any atom is 0.335 e. The SMILES string of the molecule is Cc1cc(C(=O)N2CCC(F)(CO)CC2)ccc1CCS(=O)(=O)N1CCC2(CC1)N=C(C1CCC(CC=C(F)F)CC1)NC2=O.Cc1cc(C(=O)O)ccc1CCS(=O)(=O)N1CCC2(CC1)N=C(C1CCC(CC=C(F)F)CC1)NC2=O.OCC1(F)CCNCC1. The molecule has 6 fully saturated rings. The maximum absolute atomic E-state index is 14.3. The number of amides is 3. The van der Waals surface area contributed by atoms with Crippen molar-refractivity contribution in [1.82, 2.24) is 29.5 Å². The van der Waals surface area contributed by atoms with E-state index in [1.165, 1.54) is 20.7 Å². The van der Waals surface area contributed by atoms with Gasteiger partial charge in [-0.25, -0.2) is 39.0 Å². The highest BCUT2D eigenvalue weighted by molar-refractivity contribution is 7.89. The first-order valence-electron chi connectivity index (χ1n) is 31.9. The van der Waals surface area contributed by atoms with Crippen LogP contribution in [0.15, 0.2) is 70.7 Å². The molecule has 3 amide bonds. The normalized spacial score (nSPS) is 24.7. The summed E-state index contributed by atoms with van der Waals surface area (Å²) in [6.45, 7) is 5.36. The molecule has 0 aromatic heterocycles. The zero-order chi connectivity index (χ0) is 65.9. The van der Waals surface area contributed by atoms with Crippen molar-refractivity contribution in [2.75, 3.05) is 77.1 Å². The molecule has 0 bridgehead atoms. The summed E-state index contributed by atoms with van der Waals surface area (Å²) < 4.78 is 132. The quantitative estimate of drug-likeness (QED) is 0.0773. The van der Waals surface area contributed by atoms with Gasteiger partial charge in [0.2, 0.25) is 20.0 Å². The van der Waals surface area contributed by atoms with Crippen LogP contribution in [-0.4, -0.2) is 181 Å². The van der Waals surface area contributed by atoms with Crippen LogP contribution in [0.3, 0.4) is 0 Å². The third kappa shape index (κ3) is 18.4. The molecule has 504 valence electrons. The van der Waals surface area contributed by atoms with Gasteiger partial charge in [-0.1, -0.05) is 12.1 Å². The number of nitrogens with one attached hydrogen (secondary N) is 3. The molecule has 2 aromatic rings. The number of sulfonamides is 2. The molecule has 0 atom stereocenters. The molecule has 6 heterocycles. The molecule has 0 radical (unpaired) electrons. The monoisotopic (exact) mass is 1320 g/mol. The van der Waals surface area contributed by atoms with Gasteiger partial charge in [0.1, 0.15) is 34.1 Å². The van der Waals surface area contributed by atoms with Crippen LogP contribution in [-0.2, 0) is 42.5 Å². The van der Waals surface area contributed by atoms with Crippen molar-refractivity contribution in [3.8, 4) is 0 Å². The molecule has 27 heteroatoms. The molecule has 6 aliphatic heterocycles. The van der Waals surface area contributed by atoms with E-state index < -0.39 is 67.2 Å². The highest BCUT2D eigenvalue weighted by atomic mass is 32.2. The van der Waals surface area contributed by atoms with Gasteiger partial charge >= 0.3 is 5.97 Å². The van der Waals surface area contributed by atoms with Crippen LogP contribution in [0.5, 0.6) is 0 Å². The highest BCUT2D eigenvalue weighted by Crippen LogP contribution is 2.40. The summed E-state index contributed by atoms with van der Waals surface area (Å²) in [6, 6.07) is 9.85. The number of nitrogens with zero attached hydrogens (tertiary/aromatic N) is 5. The smallest absolute Gasteiger partial charge is 0.335 e. The number of amidine groups is 2. The molecular formula is C64H88F6N8O11S2. The van der Waals surface area contributed by atoms with Crippen LogP contribution in [0.1, 0.15) is 159 Å². The Kier molecular flexibility index (Phi) is 24.0. The second-order valence-electron chi connectivity index (χ2n) is 26.0. The summed E-state index contributed by atoms with van der Waals surface area (Å²) in [4.78, 5) is 61.2. The zero-order valence-corrected chi connectivity index (χ0v) is 53.6. The number of rotatable bonds is 18. The van der Waals surface area contributed by atoms with Gasteiger partial charge in [-0.2, -0.15) is 17.6 Å². The van der Waals surface area contributed by atoms with Crippen molar-refractivity contribution in [1.29, 1.82) is 0 Å². The number of aryl methyl sites for hydroxylation is 4. The van der Waals surface area contributed by atoms with E-state index in [1.54, 1.807) is 36.1 Å². The molecule has 6 N–H and O–H groups in total. The van der Waals surface area contributed by atoms with E-state index in [0.29, 0.717) is 81.7 Å². The van der Waals surface area contributed by atoms with Gasteiger partial charge in [-0.3, -0.25) is 24.4 Å². The molecule has 2 saturated carbocycles. The Bertz CT molecular complexity index is 3280. The second-order valence-corrected chi connectivity index (χ2v) is 30.2. The van der Waals surface area contributed by atoms with E-state index in [9.17, 15) is 67.5 Å². The van der Waals surface area contributed by atoms with Gasteiger partial charge < -0.3 is 36.2 Å². The third-order valence-corrected chi connectivity index (χ3v) is 23.8. The zero-order valence-electron chi connectivity index (χ0n) is 52.0. The molecule has 91 heavy (non-hydrogen) atoms. The number of aliphatic hydroxyl groups excluding tert-OH is 2. The number of alkyl halides is 2. The van der Waals surface area contributed by atoms with Crippen LogP contribution >= 0.6 is 0 Å². The lowest BCUT2D eigenvalue weighted by atomic mass is 9.80. The molecule has 8 aliphatic rings. The lowest BCUT2D eigenvalue weighted by Gasteiger charge is -2.35. The summed E-state index contributed by atoms with van der Waals surface area (Å²) in [7, 11) is -7.17. The molecule has 4 saturated heterocycles.